The van der Waals surface area contributed by atoms with Crippen molar-refractivity contribution in [3.05, 3.63) is 18.2 Å². The van der Waals surface area contributed by atoms with Gasteiger partial charge in [-0.25, -0.2) is 4.98 Å². The van der Waals surface area contributed by atoms with E-state index in [9.17, 15) is 68.3 Å². The van der Waals surface area contributed by atoms with Crippen LogP contribution < -0.4 is 5.32 Å². The Bertz CT molecular complexity index is 1260. The molecule has 0 atom stereocenters. The maximum absolute atomic E-state index is 12.8. The van der Waals surface area contributed by atoms with Gasteiger partial charge in [-0.2, -0.15) is 0 Å². The van der Waals surface area contributed by atoms with Crippen LogP contribution in [0.25, 0.3) is 0 Å². The summed E-state index contributed by atoms with van der Waals surface area (Å²) in [5.41, 5.74) is 0.339. The number of hydrogen-bond donors (Lipinski definition) is 9. The van der Waals surface area contributed by atoms with Crippen LogP contribution in [0.1, 0.15) is 5.69 Å². The van der Waals surface area contributed by atoms with Crippen molar-refractivity contribution in [1.29, 1.82) is 0 Å². The highest BCUT2D eigenvalue weighted by Gasteiger charge is 2.59. The lowest BCUT2D eigenvalue weighted by Crippen LogP contribution is -2.49. The lowest BCUT2D eigenvalue weighted by molar-refractivity contribution is -0.140. The van der Waals surface area contributed by atoms with Gasteiger partial charge in [0.2, 0.25) is 0 Å². The lowest BCUT2D eigenvalue weighted by atomic mass is 10.2. The van der Waals surface area contributed by atoms with E-state index in [1.165, 1.54) is 6.20 Å². The van der Waals surface area contributed by atoms with E-state index >= 15 is 0 Å². The number of Topliss-reactive ketones (excluding diaryl/α,β-unsaturated/α-hetero) is 1. The van der Waals surface area contributed by atoms with E-state index in [2.05, 4.69) is 10.3 Å². The van der Waals surface area contributed by atoms with E-state index in [1.807, 2.05) is 0 Å². The smallest absolute Gasteiger partial charge is 0.371 e. The Morgan fingerprint density at radius 1 is 0.723 bits per heavy atom. The predicted octanol–water partition coefficient (Wildman–Crippen LogP) is -3.94. The fourth-order valence-corrected chi connectivity index (χ4v) is 6.81. The number of carbonyl (C=O) groups is 4. The highest BCUT2D eigenvalue weighted by Crippen LogP contribution is 2.68. The topological polar surface area (TPSA) is 307 Å². The van der Waals surface area contributed by atoms with Crippen LogP contribution in [-0.4, -0.2) is 190 Å². The molecule has 1 fully saturated rings. The number of carbonyl (C=O) groups excluding carboxylic acids is 1. The van der Waals surface area contributed by atoms with Gasteiger partial charge < -0.3 is 49.9 Å². The van der Waals surface area contributed by atoms with Crippen LogP contribution in [0.15, 0.2) is 12.5 Å². The molecule has 2 rings (SSSR count). The number of ketones is 1. The molecule has 1 aromatic rings. The molecule has 1 aliphatic rings. The number of nitrogens with one attached hydrogen (secondary N) is 1. The van der Waals surface area contributed by atoms with E-state index in [1.54, 1.807) is 19.6 Å². The quantitative estimate of drug-likeness (QED) is 0.0549. The summed E-state index contributed by atoms with van der Waals surface area (Å²) in [5, 5.41) is 37.3. The zero-order chi connectivity index (χ0) is 35.4. The Hall–Kier alpha value is -2.65. The van der Waals surface area contributed by atoms with Crippen molar-refractivity contribution in [1.82, 2.24) is 34.5 Å². The Labute approximate surface area is 269 Å². The van der Waals surface area contributed by atoms with Crippen LogP contribution in [0, 0.1) is 0 Å². The molecule has 0 aliphatic carbocycles. The monoisotopic (exact) mass is 715 g/mol. The first-order valence-electron chi connectivity index (χ1n) is 14.4. The van der Waals surface area contributed by atoms with Crippen molar-refractivity contribution in [2.24, 2.45) is 0 Å². The number of imidazole rings is 1. The van der Waals surface area contributed by atoms with Gasteiger partial charge >= 0.3 is 33.1 Å². The minimum absolute atomic E-state index is 0.0298. The second-order valence-electron chi connectivity index (χ2n) is 11.2. The van der Waals surface area contributed by atoms with Crippen LogP contribution in [0.3, 0.4) is 0 Å². The first-order chi connectivity index (χ1) is 21.8. The van der Waals surface area contributed by atoms with Gasteiger partial charge in [-0.3, -0.25) is 47.9 Å². The van der Waals surface area contributed by atoms with Crippen molar-refractivity contribution >= 4 is 38.9 Å². The third-order valence-corrected chi connectivity index (χ3v) is 11.0. The van der Waals surface area contributed by atoms with Gasteiger partial charge in [-0.15, -0.1) is 0 Å². The van der Waals surface area contributed by atoms with E-state index in [0.717, 1.165) is 10.9 Å². The Balaban J connectivity index is 1.98. The number of aliphatic carboxylic acids is 3. The van der Waals surface area contributed by atoms with Gasteiger partial charge in [0, 0.05) is 71.5 Å². The van der Waals surface area contributed by atoms with Gasteiger partial charge in [0.25, 0.3) is 5.08 Å². The molecule has 47 heavy (non-hydrogen) atoms. The highest BCUT2D eigenvalue weighted by molar-refractivity contribution is 7.72. The molecule has 0 radical (unpaired) electrons. The fourth-order valence-electron chi connectivity index (χ4n) is 4.76. The average molecular weight is 716 g/mol. The summed E-state index contributed by atoms with van der Waals surface area (Å²) in [4.78, 5) is 94.9. The summed E-state index contributed by atoms with van der Waals surface area (Å²) in [6.07, 6.45) is 2.49. The molecular formula is C24H43N7O14P2. The van der Waals surface area contributed by atoms with E-state index < -0.39 is 44.7 Å². The number of aromatic nitrogens is 2. The van der Waals surface area contributed by atoms with Crippen molar-refractivity contribution in [2.45, 2.75) is 18.0 Å². The van der Waals surface area contributed by atoms with Crippen LogP contribution in [0.4, 0.5) is 0 Å². The fraction of sp³-hybridized carbons (Fsp3) is 0.708. The molecule has 1 aliphatic heterocycles. The first kappa shape index (κ1) is 40.5. The second-order valence-corrected chi connectivity index (χ2v) is 15.2. The normalized spacial score (nSPS) is 17.6. The highest BCUT2D eigenvalue weighted by atomic mass is 31.2. The number of aliphatic hydroxyl groups is 1. The SMILES string of the molecule is O=C(O)CN1CCN(CC(=O)O)CCN(CC(=O)CNCCc2cn(CC(O)(P(=O)(O)O)P(=O)(O)O)cn2)CCN(CC(=O)O)CC1. The minimum atomic E-state index is -5.65. The molecule has 21 nitrogen and oxygen atoms in total. The first-order valence-corrected chi connectivity index (χ1v) is 17.6. The number of rotatable bonds is 17. The van der Waals surface area contributed by atoms with Crippen LogP contribution in [0.2, 0.25) is 0 Å². The number of hydrogen-bond acceptors (Lipinski definition) is 13. The molecule has 23 heteroatoms. The van der Waals surface area contributed by atoms with Gasteiger partial charge in [-0.1, -0.05) is 0 Å². The molecule has 0 amide bonds. The molecule has 268 valence electrons. The standard InChI is InChI=1S/C24H43N7O14P2/c32-20(11-25-2-1-19-12-31(18-26-19)17-24(39,46(40,41)42)47(43,44)45)13-27-3-5-28(14-21(33)34)7-9-30(16-23(37)38)10-8-29(6-4-27)15-22(35)36/h12,18,25,39H,1-11,13-17H2,(H,33,34)(H,35,36)(H,37,38)(H2,40,41,42)(H2,43,44,45). The minimum Gasteiger partial charge on any atom is -0.480 e. The van der Waals surface area contributed by atoms with Crippen molar-refractivity contribution in [2.75, 3.05) is 91.6 Å². The van der Waals surface area contributed by atoms with Crippen LogP contribution >= 0.6 is 15.2 Å². The Kier molecular flexibility index (Phi) is 15.7. The predicted molar refractivity (Wildman–Crippen MR) is 162 cm³/mol. The van der Waals surface area contributed by atoms with E-state index in [-0.39, 0.29) is 104 Å². The number of carboxylic acids is 3. The summed E-state index contributed by atoms with van der Waals surface area (Å²) < 4.78 is 24.1. The largest absolute Gasteiger partial charge is 0.480 e. The summed E-state index contributed by atoms with van der Waals surface area (Å²) in [6, 6.07) is 0. The Morgan fingerprint density at radius 3 is 1.47 bits per heavy atom. The molecule has 0 unspecified atom stereocenters. The molecule has 0 spiro atoms. The third-order valence-electron chi connectivity index (χ3n) is 7.30. The maximum atomic E-state index is 12.8. The summed E-state index contributed by atoms with van der Waals surface area (Å²) in [7, 11) is -11.3. The lowest BCUT2D eigenvalue weighted by Gasteiger charge is -2.32. The van der Waals surface area contributed by atoms with Crippen molar-refractivity contribution < 1.29 is 68.3 Å². The molecule has 0 bridgehead atoms. The van der Waals surface area contributed by atoms with Gasteiger partial charge in [0.15, 0.2) is 5.78 Å². The van der Waals surface area contributed by atoms with Gasteiger partial charge in [0.1, 0.15) is 0 Å². The summed E-state index contributed by atoms with van der Waals surface area (Å²) in [6.45, 7) is 0.200. The maximum Gasteiger partial charge on any atom is 0.371 e. The molecule has 1 aromatic heterocycles. The molecule has 0 saturated carbocycles. The summed E-state index contributed by atoms with van der Waals surface area (Å²) in [5.74, 6) is -3.41. The molecule has 9 N–H and O–H groups in total. The molecule has 1 saturated heterocycles. The van der Waals surface area contributed by atoms with Crippen molar-refractivity contribution in [3.8, 4) is 0 Å². The van der Waals surface area contributed by atoms with Crippen LogP contribution in [0.5, 0.6) is 0 Å². The number of carboxylic acid groups (broad SMARTS) is 3. The zero-order valence-electron chi connectivity index (χ0n) is 25.6. The van der Waals surface area contributed by atoms with E-state index in [0.29, 0.717) is 5.69 Å². The molecule has 0 aromatic carbocycles. The number of nitrogens with zero attached hydrogens (tertiary/aromatic N) is 6. The van der Waals surface area contributed by atoms with Crippen LogP contribution in [-0.2, 0) is 41.3 Å². The average Bonchev–Trinajstić information content (AvgIpc) is 3.37. The van der Waals surface area contributed by atoms with Crippen molar-refractivity contribution in [3.63, 3.8) is 0 Å². The summed E-state index contributed by atoms with van der Waals surface area (Å²) >= 11 is 0. The van der Waals surface area contributed by atoms with E-state index in [4.69, 9.17) is 0 Å². The second kappa shape index (κ2) is 18.2. The molecular weight excluding hydrogens is 672 g/mol. The Morgan fingerprint density at radius 2 is 1.11 bits per heavy atom. The third kappa shape index (κ3) is 14.2. The van der Waals surface area contributed by atoms with Gasteiger partial charge in [0.05, 0.1) is 51.3 Å². The van der Waals surface area contributed by atoms with Gasteiger partial charge in [-0.05, 0) is 0 Å². The molecule has 2 heterocycles. The zero-order valence-corrected chi connectivity index (χ0v) is 27.4.